The largest absolute Gasteiger partial charge is 0.462 e. The first-order valence-electron chi connectivity index (χ1n) is 8.65. The number of nitrogens with two attached hydrogens (primary N) is 2. The molecular formula is C16H33N3O6S. The summed E-state index contributed by atoms with van der Waals surface area (Å²) in [7, 11) is 0. The SMILES string of the molecule is CC(=O)OCC(CSCC(N)CNCCOCCOCCN)OC(C)=O. The van der Waals surface area contributed by atoms with Gasteiger partial charge in [0.25, 0.3) is 0 Å². The summed E-state index contributed by atoms with van der Waals surface area (Å²) in [6, 6.07) is -0.0420. The van der Waals surface area contributed by atoms with E-state index >= 15 is 0 Å². The second-order valence-corrected chi connectivity index (χ2v) is 6.62. The number of hydrogen-bond acceptors (Lipinski definition) is 10. The van der Waals surface area contributed by atoms with Crippen LogP contribution < -0.4 is 16.8 Å². The van der Waals surface area contributed by atoms with E-state index in [1.54, 1.807) is 11.8 Å². The van der Waals surface area contributed by atoms with Gasteiger partial charge in [-0.1, -0.05) is 0 Å². The number of thioether (sulfide) groups is 1. The highest BCUT2D eigenvalue weighted by Gasteiger charge is 2.15. The molecule has 9 nitrogen and oxygen atoms in total. The van der Waals surface area contributed by atoms with Gasteiger partial charge in [-0.2, -0.15) is 11.8 Å². The molecule has 0 radical (unpaired) electrons. The van der Waals surface area contributed by atoms with Crippen LogP contribution in [0.5, 0.6) is 0 Å². The zero-order valence-corrected chi connectivity index (χ0v) is 16.6. The molecule has 0 saturated heterocycles. The average Bonchev–Trinajstić information content (AvgIpc) is 2.57. The zero-order chi connectivity index (χ0) is 19.6. The molecule has 2 unspecified atom stereocenters. The fourth-order valence-corrected chi connectivity index (χ4v) is 2.79. The third-order valence-electron chi connectivity index (χ3n) is 2.90. The molecule has 0 aromatic rings. The molecule has 10 heteroatoms. The van der Waals surface area contributed by atoms with E-state index in [4.69, 9.17) is 30.4 Å². The highest BCUT2D eigenvalue weighted by atomic mass is 32.2. The summed E-state index contributed by atoms with van der Waals surface area (Å²) < 4.78 is 20.6. The van der Waals surface area contributed by atoms with Crippen LogP contribution in [0, 0.1) is 0 Å². The van der Waals surface area contributed by atoms with Crippen LogP contribution in [0.15, 0.2) is 0 Å². The molecule has 0 amide bonds. The number of nitrogens with one attached hydrogen (secondary N) is 1. The first-order valence-corrected chi connectivity index (χ1v) is 9.81. The van der Waals surface area contributed by atoms with E-state index in [-0.39, 0.29) is 12.6 Å². The quantitative estimate of drug-likeness (QED) is 0.210. The molecule has 0 aliphatic carbocycles. The van der Waals surface area contributed by atoms with Gasteiger partial charge in [0.2, 0.25) is 0 Å². The van der Waals surface area contributed by atoms with E-state index in [1.165, 1.54) is 13.8 Å². The van der Waals surface area contributed by atoms with Gasteiger partial charge in [-0.15, -0.1) is 0 Å². The minimum Gasteiger partial charge on any atom is -0.462 e. The van der Waals surface area contributed by atoms with Crippen LogP contribution in [-0.4, -0.2) is 88.3 Å². The van der Waals surface area contributed by atoms with Gasteiger partial charge in [0.05, 0.1) is 26.4 Å². The van der Waals surface area contributed by atoms with Crippen LogP contribution in [0.4, 0.5) is 0 Å². The maximum Gasteiger partial charge on any atom is 0.303 e. The van der Waals surface area contributed by atoms with E-state index < -0.39 is 18.0 Å². The van der Waals surface area contributed by atoms with E-state index in [9.17, 15) is 9.59 Å². The Kier molecular flexibility index (Phi) is 16.9. The molecule has 0 aliphatic rings. The van der Waals surface area contributed by atoms with E-state index in [0.29, 0.717) is 57.6 Å². The lowest BCUT2D eigenvalue weighted by Gasteiger charge is -2.18. The molecule has 0 aromatic carbocycles. The van der Waals surface area contributed by atoms with Crippen molar-refractivity contribution in [2.45, 2.75) is 26.0 Å². The van der Waals surface area contributed by atoms with Crippen molar-refractivity contribution in [3.05, 3.63) is 0 Å². The minimum absolute atomic E-state index is 0.0420. The Balaban J connectivity index is 3.64. The molecule has 0 heterocycles. The van der Waals surface area contributed by atoms with Gasteiger partial charge in [-0.25, -0.2) is 0 Å². The summed E-state index contributed by atoms with van der Waals surface area (Å²) in [4.78, 5) is 21.9. The van der Waals surface area contributed by atoms with Gasteiger partial charge in [-0.05, 0) is 0 Å². The molecule has 0 aliphatic heterocycles. The van der Waals surface area contributed by atoms with Crippen molar-refractivity contribution in [2.24, 2.45) is 11.5 Å². The molecule has 5 N–H and O–H groups in total. The number of esters is 2. The highest BCUT2D eigenvalue weighted by Crippen LogP contribution is 2.08. The van der Waals surface area contributed by atoms with Gasteiger partial charge in [0.15, 0.2) is 0 Å². The molecular weight excluding hydrogens is 362 g/mol. The number of ether oxygens (including phenoxy) is 4. The first-order chi connectivity index (χ1) is 12.5. The molecule has 0 aromatic heterocycles. The van der Waals surface area contributed by atoms with E-state index in [0.717, 1.165) is 0 Å². The summed E-state index contributed by atoms with van der Waals surface area (Å²) in [6.07, 6.45) is -0.462. The summed E-state index contributed by atoms with van der Waals surface area (Å²) in [6.45, 7) is 6.80. The minimum atomic E-state index is -0.462. The van der Waals surface area contributed by atoms with Crippen LogP contribution >= 0.6 is 11.8 Å². The maximum absolute atomic E-state index is 11.1. The number of hydrogen-bond donors (Lipinski definition) is 3. The number of carbonyl (C=O) groups is 2. The number of carbonyl (C=O) groups excluding carboxylic acids is 2. The van der Waals surface area contributed by atoms with Crippen molar-refractivity contribution < 1.29 is 28.5 Å². The van der Waals surface area contributed by atoms with Crippen LogP contribution in [-0.2, 0) is 28.5 Å². The lowest BCUT2D eigenvalue weighted by Crippen LogP contribution is -2.37. The third-order valence-corrected chi connectivity index (χ3v) is 4.18. The Morgan fingerprint density at radius 1 is 1.04 bits per heavy atom. The monoisotopic (exact) mass is 395 g/mol. The van der Waals surface area contributed by atoms with Crippen molar-refractivity contribution in [2.75, 3.05) is 64.2 Å². The summed E-state index contributed by atoms with van der Waals surface area (Å²) in [5.41, 5.74) is 11.3. The lowest BCUT2D eigenvalue weighted by molar-refractivity contribution is -0.154. The summed E-state index contributed by atoms with van der Waals surface area (Å²) in [5, 5.41) is 3.22. The fraction of sp³-hybridized carbons (Fsp3) is 0.875. The molecule has 26 heavy (non-hydrogen) atoms. The molecule has 0 spiro atoms. The standard InChI is InChI=1S/C16H33N3O6S/c1-13(20)24-10-16(25-14(2)21)12-26-11-15(18)9-19-4-6-23-8-7-22-5-3-17/h15-16,19H,3-12,17-18H2,1-2H3. The number of rotatable bonds is 17. The lowest BCUT2D eigenvalue weighted by atomic mass is 10.3. The van der Waals surface area contributed by atoms with Gasteiger partial charge in [0, 0.05) is 51.0 Å². The van der Waals surface area contributed by atoms with Crippen molar-refractivity contribution in [1.82, 2.24) is 5.32 Å². The van der Waals surface area contributed by atoms with Gasteiger partial charge in [-0.3, -0.25) is 9.59 Å². The van der Waals surface area contributed by atoms with Gasteiger partial charge in [0.1, 0.15) is 12.7 Å². The normalized spacial score (nSPS) is 13.2. The molecule has 0 bridgehead atoms. The third kappa shape index (κ3) is 17.9. The Hall–Kier alpha value is -0.910. The van der Waals surface area contributed by atoms with Crippen LogP contribution in [0.1, 0.15) is 13.8 Å². The van der Waals surface area contributed by atoms with Crippen LogP contribution in [0.25, 0.3) is 0 Å². The van der Waals surface area contributed by atoms with Crippen LogP contribution in [0.3, 0.4) is 0 Å². The summed E-state index contributed by atoms with van der Waals surface area (Å²) >= 11 is 1.55. The average molecular weight is 396 g/mol. The topological polar surface area (TPSA) is 135 Å². The smallest absolute Gasteiger partial charge is 0.303 e. The highest BCUT2D eigenvalue weighted by molar-refractivity contribution is 7.99. The Morgan fingerprint density at radius 3 is 2.35 bits per heavy atom. The Morgan fingerprint density at radius 2 is 1.73 bits per heavy atom. The van der Waals surface area contributed by atoms with Crippen LogP contribution in [0.2, 0.25) is 0 Å². The second-order valence-electron chi connectivity index (χ2n) is 5.55. The maximum atomic E-state index is 11.1. The molecule has 0 saturated carbocycles. The van der Waals surface area contributed by atoms with Crippen molar-refractivity contribution in [3.8, 4) is 0 Å². The summed E-state index contributed by atoms with van der Waals surface area (Å²) in [5.74, 6) is 0.411. The fourth-order valence-electron chi connectivity index (χ4n) is 1.81. The molecule has 154 valence electrons. The molecule has 0 rings (SSSR count). The van der Waals surface area contributed by atoms with Gasteiger partial charge < -0.3 is 35.7 Å². The zero-order valence-electron chi connectivity index (χ0n) is 15.7. The van der Waals surface area contributed by atoms with Crippen molar-refractivity contribution >= 4 is 23.7 Å². The Labute approximate surface area is 159 Å². The van der Waals surface area contributed by atoms with Crippen molar-refractivity contribution in [3.63, 3.8) is 0 Å². The van der Waals surface area contributed by atoms with Crippen molar-refractivity contribution in [1.29, 1.82) is 0 Å². The second kappa shape index (κ2) is 17.5. The van der Waals surface area contributed by atoms with E-state index in [2.05, 4.69) is 5.32 Å². The molecule has 0 fully saturated rings. The predicted molar refractivity (Wildman–Crippen MR) is 101 cm³/mol. The first kappa shape index (κ1) is 25.1. The van der Waals surface area contributed by atoms with Gasteiger partial charge >= 0.3 is 11.9 Å². The predicted octanol–water partition coefficient (Wildman–Crippen LogP) is -0.877. The molecule has 2 atom stereocenters. The van der Waals surface area contributed by atoms with E-state index in [1.807, 2.05) is 0 Å². The Bertz CT molecular complexity index is 376.